The number of carbonyl (C=O) groups excluding carboxylic acids is 1. The SMILES string of the molecule is NC(=O)N1C[C@H]2C[C@@H]1CN2CCc1ccc(Oc2nc3ccc(Cl)cc3s2)cc1. The third-order valence-electron chi connectivity index (χ3n) is 5.78. The Morgan fingerprint density at radius 1 is 1.21 bits per heavy atom. The van der Waals surface area contributed by atoms with Gasteiger partial charge < -0.3 is 15.4 Å². The number of carbonyl (C=O) groups is 1. The Hall–Kier alpha value is -2.35. The summed E-state index contributed by atoms with van der Waals surface area (Å²) in [5, 5.41) is 1.31. The maximum absolute atomic E-state index is 11.4. The minimum atomic E-state index is -0.288. The maximum atomic E-state index is 11.4. The van der Waals surface area contributed by atoms with E-state index in [0.29, 0.717) is 16.3 Å². The summed E-state index contributed by atoms with van der Waals surface area (Å²) < 4.78 is 6.93. The summed E-state index contributed by atoms with van der Waals surface area (Å²) >= 11 is 7.52. The Labute approximate surface area is 177 Å². The summed E-state index contributed by atoms with van der Waals surface area (Å²) in [7, 11) is 0. The van der Waals surface area contributed by atoms with Gasteiger partial charge in [0.2, 0.25) is 0 Å². The standard InChI is InChI=1S/C21H21ClN4O2S/c22-14-3-6-18-19(9-14)29-21(24-18)28-17-4-1-13(2-5-17)7-8-25-11-16-10-15(25)12-26(16)20(23)27/h1-6,9,15-16H,7-8,10-12H2,(H2,23,27)/t15-,16-/m1/s1. The van der Waals surface area contributed by atoms with Crippen LogP contribution in [-0.2, 0) is 6.42 Å². The number of urea groups is 1. The molecule has 3 aromatic rings. The number of halogens is 1. The normalized spacial score (nSPS) is 21.2. The molecule has 0 radical (unpaired) electrons. The Kier molecular flexibility index (Phi) is 4.81. The number of piperazine rings is 1. The van der Waals surface area contributed by atoms with Gasteiger partial charge >= 0.3 is 6.03 Å². The van der Waals surface area contributed by atoms with E-state index in [1.165, 1.54) is 16.9 Å². The van der Waals surface area contributed by atoms with Crippen molar-refractivity contribution in [2.75, 3.05) is 19.6 Å². The number of likely N-dealkylation sites (tertiary alicyclic amines) is 2. The maximum Gasteiger partial charge on any atom is 0.315 e. The first-order valence-electron chi connectivity index (χ1n) is 9.68. The van der Waals surface area contributed by atoms with Crippen LogP contribution in [0.15, 0.2) is 42.5 Å². The molecular formula is C21H21ClN4O2S. The molecule has 0 saturated carbocycles. The minimum Gasteiger partial charge on any atom is -0.431 e. The van der Waals surface area contributed by atoms with E-state index in [4.69, 9.17) is 22.1 Å². The van der Waals surface area contributed by atoms with Crippen molar-refractivity contribution in [3.63, 3.8) is 0 Å². The molecule has 2 amide bonds. The molecule has 2 N–H and O–H groups in total. The molecule has 8 heteroatoms. The van der Waals surface area contributed by atoms with Crippen LogP contribution in [0, 0.1) is 0 Å². The summed E-state index contributed by atoms with van der Waals surface area (Å²) in [5.41, 5.74) is 7.60. The van der Waals surface area contributed by atoms with Crippen LogP contribution in [0.25, 0.3) is 10.2 Å². The van der Waals surface area contributed by atoms with Crippen LogP contribution < -0.4 is 10.5 Å². The van der Waals surface area contributed by atoms with E-state index in [1.807, 2.05) is 35.2 Å². The summed E-state index contributed by atoms with van der Waals surface area (Å²) in [6, 6.07) is 14.3. The Morgan fingerprint density at radius 3 is 2.76 bits per heavy atom. The topological polar surface area (TPSA) is 71.7 Å². The van der Waals surface area contributed by atoms with Gasteiger partial charge in [-0.15, -0.1) is 0 Å². The van der Waals surface area contributed by atoms with Gasteiger partial charge in [0.25, 0.3) is 5.19 Å². The van der Waals surface area contributed by atoms with Crippen LogP contribution in [-0.4, -0.2) is 52.5 Å². The monoisotopic (exact) mass is 428 g/mol. The molecule has 0 aliphatic carbocycles. The predicted octanol–water partition coefficient (Wildman–Crippen LogP) is 4.12. The number of rotatable bonds is 5. The highest BCUT2D eigenvalue weighted by molar-refractivity contribution is 7.20. The van der Waals surface area contributed by atoms with E-state index < -0.39 is 0 Å². The summed E-state index contributed by atoms with van der Waals surface area (Å²) in [4.78, 5) is 20.2. The number of nitrogens with two attached hydrogens (primary N) is 1. The molecule has 0 unspecified atom stereocenters. The molecule has 1 aromatic heterocycles. The highest BCUT2D eigenvalue weighted by atomic mass is 35.5. The number of ether oxygens (including phenoxy) is 1. The largest absolute Gasteiger partial charge is 0.431 e. The highest BCUT2D eigenvalue weighted by Crippen LogP contribution is 2.33. The van der Waals surface area contributed by atoms with Crippen molar-refractivity contribution in [3.05, 3.63) is 53.1 Å². The third kappa shape index (κ3) is 3.77. The van der Waals surface area contributed by atoms with Gasteiger partial charge in [0.1, 0.15) is 5.75 Å². The van der Waals surface area contributed by atoms with Gasteiger partial charge in [0.15, 0.2) is 0 Å². The van der Waals surface area contributed by atoms with Crippen molar-refractivity contribution in [2.24, 2.45) is 5.73 Å². The van der Waals surface area contributed by atoms with Crippen molar-refractivity contribution in [1.82, 2.24) is 14.8 Å². The van der Waals surface area contributed by atoms with Crippen LogP contribution in [0.2, 0.25) is 5.02 Å². The molecular weight excluding hydrogens is 408 g/mol. The molecule has 2 fully saturated rings. The molecule has 2 saturated heterocycles. The Balaban J connectivity index is 1.17. The average Bonchev–Trinajstić information content (AvgIpc) is 3.40. The van der Waals surface area contributed by atoms with Gasteiger partial charge in [-0.1, -0.05) is 35.1 Å². The molecule has 3 heterocycles. The number of hydrogen-bond donors (Lipinski definition) is 1. The molecule has 2 aliphatic rings. The van der Waals surface area contributed by atoms with Gasteiger partial charge in [0, 0.05) is 36.7 Å². The molecule has 2 bridgehead atoms. The lowest BCUT2D eigenvalue weighted by atomic mass is 10.1. The first kappa shape index (κ1) is 18.7. The molecule has 5 rings (SSSR count). The fourth-order valence-corrected chi connectivity index (χ4v) is 5.42. The van der Waals surface area contributed by atoms with E-state index in [9.17, 15) is 4.79 Å². The molecule has 2 atom stereocenters. The van der Waals surface area contributed by atoms with Gasteiger partial charge in [0.05, 0.1) is 10.2 Å². The first-order chi connectivity index (χ1) is 14.0. The summed E-state index contributed by atoms with van der Waals surface area (Å²) in [6.07, 6.45) is 2.02. The second-order valence-electron chi connectivity index (χ2n) is 7.62. The lowest BCUT2D eigenvalue weighted by molar-refractivity contribution is 0.142. The van der Waals surface area contributed by atoms with E-state index in [0.717, 1.165) is 48.4 Å². The predicted molar refractivity (Wildman–Crippen MR) is 115 cm³/mol. The number of thiazole rings is 1. The smallest absolute Gasteiger partial charge is 0.315 e. The van der Waals surface area contributed by atoms with Crippen molar-refractivity contribution in [1.29, 1.82) is 0 Å². The number of primary amides is 1. The van der Waals surface area contributed by atoms with Crippen LogP contribution in [0.4, 0.5) is 4.79 Å². The molecule has 6 nitrogen and oxygen atoms in total. The van der Waals surface area contributed by atoms with Crippen LogP contribution in [0.1, 0.15) is 12.0 Å². The molecule has 150 valence electrons. The van der Waals surface area contributed by atoms with Crippen molar-refractivity contribution in [2.45, 2.75) is 24.9 Å². The summed E-state index contributed by atoms with van der Waals surface area (Å²) in [5.74, 6) is 0.774. The average molecular weight is 429 g/mol. The van der Waals surface area contributed by atoms with Crippen LogP contribution >= 0.6 is 22.9 Å². The zero-order valence-corrected chi connectivity index (χ0v) is 17.3. The van der Waals surface area contributed by atoms with Gasteiger partial charge in [-0.05, 0) is 48.7 Å². The number of amides is 2. The second-order valence-corrected chi connectivity index (χ2v) is 9.05. The van der Waals surface area contributed by atoms with Gasteiger partial charge in [-0.2, -0.15) is 0 Å². The Morgan fingerprint density at radius 2 is 2.03 bits per heavy atom. The Bertz CT molecular complexity index is 1050. The summed E-state index contributed by atoms with van der Waals surface area (Å²) in [6.45, 7) is 2.68. The lowest BCUT2D eigenvalue weighted by Crippen LogP contribution is -2.50. The van der Waals surface area contributed by atoms with Crippen molar-refractivity contribution >= 4 is 39.2 Å². The van der Waals surface area contributed by atoms with Crippen molar-refractivity contribution < 1.29 is 9.53 Å². The fraction of sp³-hybridized carbons (Fsp3) is 0.333. The number of benzene rings is 2. The molecule has 2 aromatic carbocycles. The zero-order chi connectivity index (χ0) is 20.0. The van der Waals surface area contributed by atoms with Gasteiger partial charge in [-0.3, -0.25) is 4.90 Å². The van der Waals surface area contributed by atoms with Crippen molar-refractivity contribution in [3.8, 4) is 10.9 Å². The molecule has 2 aliphatic heterocycles. The number of nitrogens with zero attached hydrogens (tertiary/aromatic N) is 3. The van der Waals surface area contributed by atoms with E-state index in [1.54, 1.807) is 0 Å². The quantitative estimate of drug-likeness (QED) is 0.663. The zero-order valence-electron chi connectivity index (χ0n) is 15.8. The van der Waals surface area contributed by atoms with Crippen LogP contribution in [0.3, 0.4) is 0 Å². The third-order valence-corrected chi connectivity index (χ3v) is 6.92. The fourth-order valence-electron chi connectivity index (χ4n) is 4.31. The lowest BCUT2D eigenvalue weighted by Gasteiger charge is -2.33. The van der Waals surface area contributed by atoms with E-state index in [-0.39, 0.29) is 12.1 Å². The molecule has 29 heavy (non-hydrogen) atoms. The highest BCUT2D eigenvalue weighted by Gasteiger charge is 2.44. The second kappa shape index (κ2) is 7.48. The number of aromatic nitrogens is 1. The number of hydrogen-bond acceptors (Lipinski definition) is 5. The number of fused-ring (bicyclic) bond motifs is 3. The van der Waals surface area contributed by atoms with E-state index in [2.05, 4.69) is 22.0 Å². The minimum absolute atomic E-state index is 0.288. The molecule has 0 spiro atoms. The van der Waals surface area contributed by atoms with E-state index >= 15 is 0 Å². The van der Waals surface area contributed by atoms with Crippen LogP contribution in [0.5, 0.6) is 10.9 Å². The first-order valence-corrected chi connectivity index (χ1v) is 10.9. The van der Waals surface area contributed by atoms with Gasteiger partial charge in [-0.25, -0.2) is 9.78 Å².